The van der Waals surface area contributed by atoms with Gasteiger partial charge in [-0.3, -0.25) is 4.79 Å². The maximum absolute atomic E-state index is 13.3. The predicted octanol–water partition coefficient (Wildman–Crippen LogP) is 2.41. The summed E-state index contributed by atoms with van der Waals surface area (Å²) in [7, 11) is 0. The van der Waals surface area contributed by atoms with E-state index in [1.54, 1.807) is 6.92 Å². The summed E-state index contributed by atoms with van der Waals surface area (Å²) in [6.45, 7) is 3.66. The number of rotatable bonds is 2. The van der Waals surface area contributed by atoms with Crippen molar-refractivity contribution in [3.05, 3.63) is 34.6 Å². The van der Waals surface area contributed by atoms with Gasteiger partial charge < -0.3 is 5.32 Å². The van der Waals surface area contributed by atoms with Crippen LogP contribution in [0.3, 0.4) is 0 Å². The fourth-order valence-corrected chi connectivity index (χ4v) is 2.29. The molecule has 0 amide bonds. The van der Waals surface area contributed by atoms with Crippen molar-refractivity contribution >= 4 is 6.29 Å². The van der Waals surface area contributed by atoms with Crippen LogP contribution in [-0.4, -0.2) is 19.4 Å². The molecule has 0 aliphatic carbocycles. The van der Waals surface area contributed by atoms with E-state index in [1.807, 2.05) is 6.07 Å². The van der Waals surface area contributed by atoms with Crippen LogP contribution in [0.5, 0.6) is 0 Å². The average Bonchev–Trinajstić information content (AvgIpc) is 2.33. The number of carbonyl (C=O) groups excluding carboxylic acids is 1. The Hall–Kier alpha value is -1.22. The van der Waals surface area contributed by atoms with Crippen LogP contribution in [0, 0.1) is 12.7 Å². The van der Waals surface area contributed by atoms with E-state index in [9.17, 15) is 9.18 Å². The largest absolute Gasteiger partial charge is 0.316 e. The van der Waals surface area contributed by atoms with Crippen LogP contribution in [0.1, 0.15) is 40.2 Å². The van der Waals surface area contributed by atoms with Gasteiger partial charge in [0.15, 0.2) is 0 Å². The van der Waals surface area contributed by atoms with Gasteiger partial charge in [-0.15, -0.1) is 0 Å². The van der Waals surface area contributed by atoms with E-state index in [1.165, 1.54) is 6.07 Å². The Labute approximate surface area is 94.9 Å². The molecule has 0 spiro atoms. The predicted molar refractivity (Wildman–Crippen MR) is 61.4 cm³/mol. The first-order valence-electron chi connectivity index (χ1n) is 5.68. The Morgan fingerprint density at radius 2 is 2.31 bits per heavy atom. The lowest BCUT2D eigenvalue weighted by molar-refractivity contribution is 0.112. The van der Waals surface area contributed by atoms with E-state index in [0.29, 0.717) is 17.0 Å². The molecule has 1 aliphatic rings. The minimum absolute atomic E-state index is 0.297. The molecule has 0 saturated carbocycles. The van der Waals surface area contributed by atoms with Gasteiger partial charge >= 0.3 is 0 Å². The zero-order valence-electron chi connectivity index (χ0n) is 9.42. The van der Waals surface area contributed by atoms with Gasteiger partial charge in [0.25, 0.3) is 0 Å². The third-order valence-corrected chi connectivity index (χ3v) is 3.23. The summed E-state index contributed by atoms with van der Waals surface area (Å²) in [4.78, 5) is 10.9. The van der Waals surface area contributed by atoms with Crippen LogP contribution < -0.4 is 5.32 Å². The van der Waals surface area contributed by atoms with Crippen molar-refractivity contribution in [2.75, 3.05) is 13.1 Å². The quantitative estimate of drug-likeness (QED) is 0.777. The second-order valence-electron chi connectivity index (χ2n) is 4.39. The average molecular weight is 221 g/mol. The fraction of sp³-hybridized carbons (Fsp3) is 0.462. The second kappa shape index (κ2) is 4.74. The SMILES string of the molecule is Cc1cc(C2CCCNC2)c(C=O)cc1F. The molecule has 0 radical (unpaired) electrons. The number of aldehydes is 1. The number of halogens is 1. The lowest BCUT2D eigenvalue weighted by Gasteiger charge is -2.24. The Morgan fingerprint density at radius 3 is 2.94 bits per heavy atom. The second-order valence-corrected chi connectivity index (χ2v) is 4.39. The Balaban J connectivity index is 2.37. The smallest absolute Gasteiger partial charge is 0.150 e. The molecule has 0 bridgehead atoms. The van der Waals surface area contributed by atoms with Crippen molar-refractivity contribution in [3.8, 4) is 0 Å². The fourth-order valence-electron chi connectivity index (χ4n) is 2.29. The molecule has 1 aliphatic heterocycles. The van der Waals surface area contributed by atoms with Gasteiger partial charge in [0.1, 0.15) is 12.1 Å². The van der Waals surface area contributed by atoms with Crippen LogP contribution in [0.2, 0.25) is 0 Å². The Kier molecular flexibility index (Phi) is 3.34. The summed E-state index contributed by atoms with van der Waals surface area (Å²) in [6, 6.07) is 3.17. The highest BCUT2D eigenvalue weighted by Gasteiger charge is 2.19. The van der Waals surface area contributed by atoms with Crippen LogP contribution in [0.15, 0.2) is 12.1 Å². The molecule has 0 aromatic heterocycles. The third-order valence-electron chi connectivity index (χ3n) is 3.23. The van der Waals surface area contributed by atoms with Crippen LogP contribution in [0.25, 0.3) is 0 Å². The van der Waals surface area contributed by atoms with Crippen molar-refractivity contribution in [3.63, 3.8) is 0 Å². The number of hydrogen-bond acceptors (Lipinski definition) is 2. The van der Waals surface area contributed by atoms with E-state index in [-0.39, 0.29) is 5.82 Å². The minimum Gasteiger partial charge on any atom is -0.316 e. The summed E-state index contributed by atoms with van der Waals surface area (Å²) in [6.07, 6.45) is 2.94. The maximum atomic E-state index is 13.3. The molecule has 2 rings (SSSR count). The lowest BCUT2D eigenvalue weighted by Crippen LogP contribution is -2.29. The van der Waals surface area contributed by atoms with Crippen LogP contribution >= 0.6 is 0 Å². The molecule has 1 N–H and O–H groups in total. The van der Waals surface area contributed by atoms with Crippen molar-refractivity contribution in [2.24, 2.45) is 0 Å². The van der Waals surface area contributed by atoms with E-state index < -0.39 is 0 Å². The standard InChI is InChI=1S/C13H16FNO/c1-9-5-12(10-3-2-4-15-7-10)11(8-16)6-13(9)14/h5-6,8,10,15H,2-4,7H2,1H3. The summed E-state index contributed by atoms with van der Waals surface area (Å²) in [5.74, 6) is 0.0443. The summed E-state index contributed by atoms with van der Waals surface area (Å²) < 4.78 is 13.3. The van der Waals surface area contributed by atoms with Crippen LogP contribution in [-0.2, 0) is 0 Å². The number of nitrogens with one attached hydrogen (secondary N) is 1. The zero-order chi connectivity index (χ0) is 11.5. The van der Waals surface area contributed by atoms with Gasteiger partial charge in [0.2, 0.25) is 0 Å². The lowest BCUT2D eigenvalue weighted by atomic mass is 9.87. The Morgan fingerprint density at radius 1 is 1.50 bits per heavy atom. The van der Waals surface area contributed by atoms with Gasteiger partial charge in [-0.05, 0) is 49.4 Å². The third kappa shape index (κ3) is 2.14. The number of piperidine rings is 1. The first kappa shape index (κ1) is 11.3. The zero-order valence-corrected chi connectivity index (χ0v) is 9.42. The van der Waals surface area contributed by atoms with E-state index >= 15 is 0 Å². The monoisotopic (exact) mass is 221 g/mol. The molecule has 1 saturated heterocycles. The molecule has 1 aromatic carbocycles. The molecule has 3 heteroatoms. The summed E-state index contributed by atoms with van der Waals surface area (Å²) >= 11 is 0. The molecule has 1 fully saturated rings. The topological polar surface area (TPSA) is 29.1 Å². The number of hydrogen-bond donors (Lipinski definition) is 1. The van der Waals surface area contributed by atoms with Gasteiger partial charge in [0.05, 0.1) is 0 Å². The molecule has 1 heterocycles. The van der Waals surface area contributed by atoms with Gasteiger partial charge in [-0.2, -0.15) is 0 Å². The summed E-state index contributed by atoms with van der Waals surface area (Å²) in [5.41, 5.74) is 2.10. The molecular weight excluding hydrogens is 205 g/mol. The highest BCUT2D eigenvalue weighted by Crippen LogP contribution is 2.27. The maximum Gasteiger partial charge on any atom is 0.150 e. The molecular formula is C13H16FNO. The molecule has 1 atom stereocenters. The first-order valence-corrected chi connectivity index (χ1v) is 5.68. The van der Waals surface area contributed by atoms with E-state index in [0.717, 1.165) is 37.8 Å². The van der Waals surface area contributed by atoms with Crippen molar-refractivity contribution in [1.29, 1.82) is 0 Å². The van der Waals surface area contributed by atoms with Crippen LogP contribution in [0.4, 0.5) is 4.39 Å². The highest BCUT2D eigenvalue weighted by atomic mass is 19.1. The molecule has 1 aromatic rings. The first-order chi connectivity index (χ1) is 7.72. The molecule has 1 unspecified atom stereocenters. The number of benzene rings is 1. The highest BCUT2D eigenvalue weighted by molar-refractivity contribution is 5.78. The number of aryl methyl sites for hydroxylation is 1. The van der Waals surface area contributed by atoms with Crippen molar-refractivity contribution < 1.29 is 9.18 Å². The van der Waals surface area contributed by atoms with Crippen molar-refractivity contribution in [2.45, 2.75) is 25.7 Å². The van der Waals surface area contributed by atoms with Gasteiger partial charge in [-0.1, -0.05) is 6.07 Å². The molecule has 86 valence electrons. The Bertz CT molecular complexity index is 397. The molecule has 16 heavy (non-hydrogen) atoms. The van der Waals surface area contributed by atoms with Gasteiger partial charge in [-0.25, -0.2) is 4.39 Å². The number of carbonyl (C=O) groups is 1. The van der Waals surface area contributed by atoms with Crippen molar-refractivity contribution in [1.82, 2.24) is 5.32 Å². The minimum atomic E-state index is -0.297. The summed E-state index contributed by atoms with van der Waals surface area (Å²) in [5, 5.41) is 3.31. The normalized spacial score (nSPS) is 20.8. The van der Waals surface area contributed by atoms with E-state index in [4.69, 9.17) is 0 Å². The van der Waals surface area contributed by atoms with Gasteiger partial charge in [0, 0.05) is 12.1 Å². The van der Waals surface area contributed by atoms with E-state index in [2.05, 4.69) is 5.32 Å². The molecule has 2 nitrogen and oxygen atoms in total.